The Kier molecular flexibility index (Phi) is 3.42. The number of benzene rings is 2. The van der Waals surface area contributed by atoms with E-state index in [2.05, 4.69) is 10.3 Å². The number of nitrogens with one attached hydrogen (secondary N) is 1. The molecule has 1 aromatic heterocycles. The van der Waals surface area contributed by atoms with Crippen LogP contribution >= 0.6 is 0 Å². The van der Waals surface area contributed by atoms with E-state index in [4.69, 9.17) is 0 Å². The molecule has 0 aliphatic carbocycles. The predicted octanol–water partition coefficient (Wildman–Crippen LogP) is 3.16. The number of rotatable bonds is 3. The molecule has 3 rings (SSSR count). The van der Waals surface area contributed by atoms with E-state index < -0.39 is 0 Å². The van der Waals surface area contributed by atoms with Crippen LogP contribution in [-0.4, -0.2) is 10.9 Å². The molecule has 0 radical (unpaired) electrons. The van der Waals surface area contributed by atoms with Crippen LogP contribution in [-0.2, 0) is 6.54 Å². The molecule has 1 heterocycles. The smallest absolute Gasteiger partial charge is 0.252 e. The summed E-state index contributed by atoms with van der Waals surface area (Å²) in [7, 11) is 0. The van der Waals surface area contributed by atoms with Crippen molar-refractivity contribution in [2.75, 3.05) is 0 Å². The van der Waals surface area contributed by atoms with Crippen LogP contribution in [0.25, 0.3) is 10.8 Å². The number of hydrogen-bond acceptors (Lipinski definition) is 2. The number of hydrogen-bond donors (Lipinski definition) is 1. The maximum atomic E-state index is 12.3. The van der Waals surface area contributed by atoms with Crippen LogP contribution in [0.4, 0.5) is 0 Å². The second-order valence-corrected chi connectivity index (χ2v) is 4.57. The standard InChI is InChI=1S/C17H14N2O/c20-17(19-12-13-5-4-10-18-11-13)16-9-3-7-14-6-1-2-8-15(14)16/h1-11H,12H2,(H,19,20). The SMILES string of the molecule is O=C(NCc1cccnc1)c1cccc2ccccc12. The molecule has 3 aromatic rings. The lowest BCUT2D eigenvalue weighted by molar-refractivity contribution is 0.0952. The Hall–Kier alpha value is -2.68. The zero-order valence-electron chi connectivity index (χ0n) is 10.9. The van der Waals surface area contributed by atoms with E-state index in [1.807, 2.05) is 54.6 Å². The van der Waals surface area contributed by atoms with Gasteiger partial charge >= 0.3 is 0 Å². The fourth-order valence-electron chi connectivity index (χ4n) is 2.20. The number of aromatic nitrogens is 1. The molecule has 2 aromatic carbocycles. The molecule has 1 amide bonds. The van der Waals surface area contributed by atoms with Crippen molar-refractivity contribution in [3.05, 3.63) is 78.1 Å². The average Bonchev–Trinajstić information content (AvgIpc) is 2.53. The van der Waals surface area contributed by atoms with Gasteiger partial charge in [-0.2, -0.15) is 0 Å². The first kappa shape index (κ1) is 12.4. The van der Waals surface area contributed by atoms with Crippen molar-refractivity contribution in [1.29, 1.82) is 0 Å². The van der Waals surface area contributed by atoms with E-state index >= 15 is 0 Å². The topological polar surface area (TPSA) is 42.0 Å². The maximum Gasteiger partial charge on any atom is 0.252 e. The molecule has 1 N–H and O–H groups in total. The molecular formula is C17H14N2O. The number of carbonyl (C=O) groups excluding carboxylic acids is 1. The Labute approximate surface area is 117 Å². The number of nitrogens with zero attached hydrogens (tertiary/aromatic N) is 1. The average molecular weight is 262 g/mol. The molecule has 0 bridgehead atoms. The molecule has 0 saturated heterocycles. The van der Waals surface area contributed by atoms with Crippen LogP contribution in [0.2, 0.25) is 0 Å². The molecular weight excluding hydrogens is 248 g/mol. The van der Waals surface area contributed by atoms with Crippen molar-refractivity contribution in [2.24, 2.45) is 0 Å². The summed E-state index contributed by atoms with van der Waals surface area (Å²) >= 11 is 0. The second kappa shape index (κ2) is 5.53. The van der Waals surface area contributed by atoms with E-state index in [1.165, 1.54) is 0 Å². The van der Waals surface area contributed by atoms with Crippen molar-refractivity contribution >= 4 is 16.7 Å². The van der Waals surface area contributed by atoms with Gasteiger partial charge < -0.3 is 5.32 Å². The maximum absolute atomic E-state index is 12.3. The Morgan fingerprint density at radius 3 is 2.70 bits per heavy atom. The summed E-state index contributed by atoms with van der Waals surface area (Å²) in [4.78, 5) is 16.3. The third kappa shape index (κ3) is 2.52. The van der Waals surface area contributed by atoms with E-state index in [1.54, 1.807) is 12.4 Å². The highest BCUT2D eigenvalue weighted by molar-refractivity contribution is 6.06. The van der Waals surface area contributed by atoms with Gasteiger partial charge in [-0.05, 0) is 28.5 Å². The summed E-state index contributed by atoms with van der Waals surface area (Å²) in [5.41, 5.74) is 1.69. The lowest BCUT2D eigenvalue weighted by Crippen LogP contribution is -2.23. The summed E-state index contributed by atoms with van der Waals surface area (Å²) in [6.45, 7) is 0.482. The zero-order valence-corrected chi connectivity index (χ0v) is 10.9. The third-order valence-corrected chi connectivity index (χ3v) is 3.21. The highest BCUT2D eigenvalue weighted by Gasteiger charge is 2.08. The Morgan fingerprint density at radius 1 is 1.00 bits per heavy atom. The highest BCUT2D eigenvalue weighted by Crippen LogP contribution is 2.18. The molecule has 0 saturated carbocycles. The fourth-order valence-corrected chi connectivity index (χ4v) is 2.20. The first-order chi connectivity index (χ1) is 9.84. The van der Waals surface area contributed by atoms with Crippen molar-refractivity contribution in [3.63, 3.8) is 0 Å². The van der Waals surface area contributed by atoms with E-state index in [0.29, 0.717) is 12.1 Å². The molecule has 0 fully saturated rings. The predicted molar refractivity (Wildman–Crippen MR) is 79.4 cm³/mol. The zero-order chi connectivity index (χ0) is 13.8. The molecule has 98 valence electrons. The third-order valence-electron chi connectivity index (χ3n) is 3.21. The van der Waals surface area contributed by atoms with Gasteiger partial charge in [-0.25, -0.2) is 0 Å². The van der Waals surface area contributed by atoms with Gasteiger partial charge in [0.1, 0.15) is 0 Å². The van der Waals surface area contributed by atoms with Crippen molar-refractivity contribution in [2.45, 2.75) is 6.54 Å². The monoisotopic (exact) mass is 262 g/mol. The number of carbonyl (C=O) groups is 1. The fraction of sp³-hybridized carbons (Fsp3) is 0.0588. The number of pyridine rings is 1. The Balaban J connectivity index is 1.82. The van der Waals surface area contributed by atoms with Gasteiger partial charge in [0.05, 0.1) is 0 Å². The largest absolute Gasteiger partial charge is 0.348 e. The van der Waals surface area contributed by atoms with Gasteiger partial charge in [0.25, 0.3) is 5.91 Å². The highest BCUT2D eigenvalue weighted by atomic mass is 16.1. The normalized spacial score (nSPS) is 10.4. The molecule has 20 heavy (non-hydrogen) atoms. The van der Waals surface area contributed by atoms with E-state index in [-0.39, 0.29) is 5.91 Å². The van der Waals surface area contributed by atoms with Gasteiger partial charge in [0, 0.05) is 24.5 Å². The minimum Gasteiger partial charge on any atom is -0.348 e. The minimum atomic E-state index is -0.0642. The molecule has 0 aliphatic rings. The lowest BCUT2D eigenvalue weighted by Gasteiger charge is -2.08. The number of amides is 1. The van der Waals surface area contributed by atoms with Gasteiger partial charge in [0.2, 0.25) is 0 Å². The van der Waals surface area contributed by atoms with Gasteiger partial charge in [-0.1, -0.05) is 42.5 Å². The van der Waals surface area contributed by atoms with Gasteiger partial charge in [-0.15, -0.1) is 0 Å². The van der Waals surface area contributed by atoms with Crippen LogP contribution in [0.1, 0.15) is 15.9 Å². The van der Waals surface area contributed by atoms with Crippen molar-refractivity contribution < 1.29 is 4.79 Å². The van der Waals surface area contributed by atoms with Crippen LogP contribution in [0.5, 0.6) is 0 Å². The van der Waals surface area contributed by atoms with E-state index in [0.717, 1.165) is 16.3 Å². The molecule has 0 unspecified atom stereocenters. The summed E-state index contributed by atoms with van der Waals surface area (Å²) in [5.74, 6) is -0.0642. The van der Waals surface area contributed by atoms with E-state index in [9.17, 15) is 4.79 Å². The quantitative estimate of drug-likeness (QED) is 0.787. The second-order valence-electron chi connectivity index (χ2n) is 4.57. The molecule has 0 atom stereocenters. The van der Waals surface area contributed by atoms with Crippen LogP contribution in [0, 0.1) is 0 Å². The molecule has 3 heteroatoms. The minimum absolute atomic E-state index is 0.0642. The lowest BCUT2D eigenvalue weighted by atomic mass is 10.0. The van der Waals surface area contributed by atoms with Crippen molar-refractivity contribution in [1.82, 2.24) is 10.3 Å². The summed E-state index contributed by atoms with van der Waals surface area (Å²) in [6.07, 6.45) is 3.47. The van der Waals surface area contributed by atoms with Crippen LogP contribution in [0.3, 0.4) is 0 Å². The molecule has 3 nitrogen and oxygen atoms in total. The summed E-state index contributed by atoms with van der Waals surface area (Å²) in [5, 5.41) is 4.97. The van der Waals surface area contributed by atoms with Crippen LogP contribution < -0.4 is 5.32 Å². The molecule has 0 aliphatic heterocycles. The summed E-state index contributed by atoms with van der Waals surface area (Å²) < 4.78 is 0. The van der Waals surface area contributed by atoms with Gasteiger partial charge in [0.15, 0.2) is 0 Å². The van der Waals surface area contributed by atoms with Crippen LogP contribution in [0.15, 0.2) is 67.0 Å². The molecule has 0 spiro atoms. The summed E-state index contributed by atoms with van der Waals surface area (Å²) in [6, 6.07) is 17.5. The Bertz CT molecular complexity index is 733. The first-order valence-electron chi connectivity index (χ1n) is 6.49. The first-order valence-corrected chi connectivity index (χ1v) is 6.49. The number of fused-ring (bicyclic) bond motifs is 1. The Morgan fingerprint density at radius 2 is 1.85 bits per heavy atom. The van der Waals surface area contributed by atoms with Gasteiger partial charge in [-0.3, -0.25) is 9.78 Å². The van der Waals surface area contributed by atoms with Crippen molar-refractivity contribution in [3.8, 4) is 0 Å².